The van der Waals surface area contributed by atoms with Crippen LogP contribution in [0.2, 0.25) is 0 Å². The molecule has 80 valence electrons. The van der Waals surface area contributed by atoms with Crippen LogP contribution in [0.25, 0.3) is 10.9 Å². The zero-order chi connectivity index (χ0) is 10.8. The minimum atomic E-state index is 0.0612. The Morgan fingerprint density at radius 3 is 2.87 bits per heavy atom. The molecule has 5 nitrogen and oxygen atoms in total. The number of aromatic nitrogens is 1. The van der Waals surface area contributed by atoms with E-state index in [-0.39, 0.29) is 6.61 Å². The minimum absolute atomic E-state index is 0.0612. The second kappa shape index (κ2) is 3.70. The van der Waals surface area contributed by atoms with Gasteiger partial charge in [-0.25, -0.2) is 0 Å². The predicted octanol–water partition coefficient (Wildman–Crippen LogP) is 0.865. The van der Waals surface area contributed by atoms with Gasteiger partial charge < -0.3 is 21.4 Å². The monoisotopic (exact) mass is 207 g/mol. The summed E-state index contributed by atoms with van der Waals surface area (Å²) in [4.78, 5) is 0. The molecule has 5 heteroatoms. The van der Waals surface area contributed by atoms with E-state index in [0.717, 1.165) is 15.8 Å². The number of rotatable bonds is 3. The molecule has 0 aliphatic heterocycles. The Labute approximate surface area is 86.7 Å². The smallest absolute Gasteiger partial charge is 0.111 e. The highest BCUT2D eigenvalue weighted by Crippen LogP contribution is 2.28. The van der Waals surface area contributed by atoms with Gasteiger partial charge in [-0.2, -0.15) is 4.73 Å². The lowest BCUT2D eigenvalue weighted by Gasteiger charge is -2.07. The van der Waals surface area contributed by atoms with Gasteiger partial charge in [0.25, 0.3) is 0 Å². The van der Waals surface area contributed by atoms with E-state index < -0.39 is 0 Å². The van der Waals surface area contributed by atoms with Gasteiger partial charge in [0.05, 0.1) is 12.3 Å². The van der Waals surface area contributed by atoms with Gasteiger partial charge in [0.2, 0.25) is 0 Å². The Morgan fingerprint density at radius 1 is 1.33 bits per heavy atom. The first-order valence-corrected chi connectivity index (χ1v) is 4.67. The number of hydrogen-bond acceptors (Lipinski definition) is 4. The van der Waals surface area contributed by atoms with Gasteiger partial charge in [0, 0.05) is 23.8 Å². The molecule has 0 unspecified atom stereocenters. The fraction of sp³-hybridized carbons (Fsp3) is 0.200. The van der Waals surface area contributed by atoms with Crippen LogP contribution in [-0.4, -0.2) is 28.2 Å². The van der Waals surface area contributed by atoms with Crippen molar-refractivity contribution < 1.29 is 10.3 Å². The Kier molecular flexibility index (Phi) is 2.39. The first kappa shape index (κ1) is 9.67. The van der Waals surface area contributed by atoms with E-state index in [4.69, 9.17) is 10.8 Å². The lowest BCUT2D eigenvalue weighted by molar-refractivity contribution is 0.200. The molecule has 5 N–H and O–H groups in total. The highest BCUT2D eigenvalue weighted by Gasteiger charge is 2.07. The highest BCUT2D eigenvalue weighted by molar-refractivity contribution is 5.99. The molecule has 1 aromatic heterocycles. The lowest BCUT2D eigenvalue weighted by Crippen LogP contribution is -2.06. The standard InChI is InChI=1S/C10H13N3O2/c11-8-1-2-9(12-4-6-14)7-3-5-13(15)10(7)8/h1-3,5,12,14-15H,4,6,11H2. The van der Waals surface area contributed by atoms with Crippen molar-refractivity contribution >= 4 is 22.3 Å². The number of nitrogens with zero attached hydrogens (tertiary/aromatic N) is 1. The summed E-state index contributed by atoms with van der Waals surface area (Å²) in [6, 6.07) is 5.31. The highest BCUT2D eigenvalue weighted by atomic mass is 16.5. The van der Waals surface area contributed by atoms with E-state index in [0.29, 0.717) is 17.7 Å². The summed E-state index contributed by atoms with van der Waals surface area (Å²) in [5.74, 6) is 0. The molecule has 0 saturated carbocycles. The van der Waals surface area contributed by atoms with Crippen LogP contribution >= 0.6 is 0 Å². The number of fused-ring (bicyclic) bond motifs is 1. The summed E-state index contributed by atoms with van der Waals surface area (Å²) >= 11 is 0. The van der Waals surface area contributed by atoms with Gasteiger partial charge in [-0.1, -0.05) is 0 Å². The molecule has 2 aromatic rings. The third-order valence-corrected chi connectivity index (χ3v) is 2.29. The van der Waals surface area contributed by atoms with Crippen LogP contribution < -0.4 is 11.1 Å². The Balaban J connectivity index is 2.52. The zero-order valence-electron chi connectivity index (χ0n) is 8.14. The molecule has 1 aromatic carbocycles. The van der Waals surface area contributed by atoms with Gasteiger partial charge in [0.1, 0.15) is 5.52 Å². The SMILES string of the molecule is Nc1ccc(NCCO)c2ccn(O)c12. The molecule has 0 saturated heterocycles. The maximum Gasteiger partial charge on any atom is 0.111 e. The summed E-state index contributed by atoms with van der Waals surface area (Å²) in [6.07, 6.45) is 1.53. The molecule has 1 heterocycles. The molecule has 0 aliphatic carbocycles. The van der Waals surface area contributed by atoms with Crippen molar-refractivity contribution in [3.8, 4) is 0 Å². The molecule has 15 heavy (non-hydrogen) atoms. The largest absolute Gasteiger partial charge is 0.428 e. The summed E-state index contributed by atoms with van der Waals surface area (Å²) < 4.78 is 0.995. The first-order chi connectivity index (χ1) is 7.24. The molecule has 2 rings (SSSR count). The Hall–Kier alpha value is -1.88. The van der Waals surface area contributed by atoms with Crippen LogP contribution in [0.4, 0.5) is 11.4 Å². The number of aliphatic hydroxyl groups is 1. The van der Waals surface area contributed by atoms with E-state index in [1.165, 1.54) is 6.20 Å². The maximum atomic E-state index is 9.50. The van der Waals surface area contributed by atoms with Gasteiger partial charge in [-0.15, -0.1) is 0 Å². The number of anilines is 2. The average molecular weight is 207 g/mol. The van der Waals surface area contributed by atoms with Crippen molar-refractivity contribution in [2.24, 2.45) is 0 Å². The predicted molar refractivity (Wildman–Crippen MR) is 59.1 cm³/mol. The molecular formula is C10H13N3O2. The Bertz CT molecular complexity index is 479. The fourth-order valence-corrected chi connectivity index (χ4v) is 1.61. The van der Waals surface area contributed by atoms with E-state index in [2.05, 4.69) is 5.32 Å². The average Bonchev–Trinajstić information content (AvgIpc) is 2.61. The number of hydrogen-bond donors (Lipinski definition) is 4. The van der Waals surface area contributed by atoms with Crippen LogP contribution in [0.15, 0.2) is 24.4 Å². The zero-order valence-corrected chi connectivity index (χ0v) is 8.14. The van der Waals surface area contributed by atoms with Crippen LogP contribution in [0, 0.1) is 0 Å². The van der Waals surface area contributed by atoms with Crippen LogP contribution in [0.3, 0.4) is 0 Å². The number of nitrogens with one attached hydrogen (secondary N) is 1. The van der Waals surface area contributed by atoms with E-state index in [1.807, 2.05) is 6.07 Å². The summed E-state index contributed by atoms with van der Waals surface area (Å²) in [5.41, 5.74) is 7.69. The molecule has 0 atom stereocenters. The van der Waals surface area contributed by atoms with Crippen LogP contribution in [0.5, 0.6) is 0 Å². The van der Waals surface area contributed by atoms with E-state index in [1.54, 1.807) is 12.1 Å². The first-order valence-electron chi connectivity index (χ1n) is 4.67. The molecule has 0 aliphatic rings. The van der Waals surface area contributed by atoms with Crippen molar-refractivity contribution in [2.75, 3.05) is 24.2 Å². The summed E-state index contributed by atoms with van der Waals surface area (Å²) in [5, 5.41) is 22.1. The van der Waals surface area contributed by atoms with Gasteiger partial charge in [-0.3, -0.25) is 0 Å². The number of aliphatic hydroxyl groups excluding tert-OH is 1. The fourth-order valence-electron chi connectivity index (χ4n) is 1.61. The molecule has 0 fully saturated rings. The minimum Gasteiger partial charge on any atom is -0.428 e. The molecule has 0 radical (unpaired) electrons. The van der Waals surface area contributed by atoms with Crippen LogP contribution in [0.1, 0.15) is 0 Å². The summed E-state index contributed by atoms with van der Waals surface area (Å²) in [6.45, 7) is 0.529. The maximum absolute atomic E-state index is 9.50. The number of nitrogen functional groups attached to an aromatic ring is 1. The molecule has 0 spiro atoms. The van der Waals surface area contributed by atoms with E-state index >= 15 is 0 Å². The second-order valence-corrected chi connectivity index (χ2v) is 3.28. The topological polar surface area (TPSA) is 83.4 Å². The Morgan fingerprint density at radius 2 is 2.13 bits per heavy atom. The molecule has 0 bridgehead atoms. The van der Waals surface area contributed by atoms with Crippen molar-refractivity contribution in [2.45, 2.75) is 0 Å². The molecule has 0 amide bonds. The normalized spacial score (nSPS) is 10.7. The van der Waals surface area contributed by atoms with Crippen molar-refractivity contribution in [3.05, 3.63) is 24.4 Å². The van der Waals surface area contributed by atoms with Crippen molar-refractivity contribution in [1.29, 1.82) is 0 Å². The number of nitrogens with two attached hydrogens (primary N) is 1. The lowest BCUT2D eigenvalue weighted by atomic mass is 10.2. The van der Waals surface area contributed by atoms with E-state index in [9.17, 15) is 5.21 Å². The number of benzene rings is 1. The third-order valence-electron chi connectivity index (χ3n) is 2.29. The quantitative estimate of drug-likeness (QED) is 0.444. The van der Waals surface area contributed by atoms with Crippen molar-refractivity contribution in [3.63, 3.8) is 0 Å². The van der Waals surface area contributed by atoms with Crippen LogP contribution in [-0.2, 0) is 0 Å². The second-order valence-electron chi connectivity index (χ2n) is 3.28. The molecular weight excluding hydrogens is 194 g/mol. The third kappa shape index (κ3) is 1.57. The summed E-state index contributed by atoms with van der Waals surface area (Å²) in [7, 11) is 0. The van der Waals surface area contributed by atoms with Gasteiger partial charge in [0.15, 0.2) is 0 Å². The van der Waals surface area contributed by atoms with Gasteiger partial charge >= 0.3 is 0 Å². The van der Waals surface area contributed by atoms with Gasteiger partial charge in [-0.05, 0) is 18.2 Å². The van der Waals surface area contributed by atoms with Crippen molar-refractivity contribution in [1.82, 2.24) is 4.73 Å².